The number of rotatable bonds is 6. The smallest absolute Gasteiger partial charge is 0.0250 e. The van der Waals surface area contributed by atoms with Crippen LogP contribution in [-0.4, -0.2) is 36.1 Å². The Kier molecular flexibility index (Phi) is 6.07. The van der Waals surface area contributed by atoms with Gasteiger partial charge in [0.05, 0.1) is 0 Å². The number of nitrogens with one attached hydrogen (secondary N) is 1. The third kappa shape index (κ3) is 4.67. The molecule has 0 saturated heterocycles. The molecule has 0 spiro atoms. The van der Waals surface area contributed by atoms with Gasteiger partial charge < -0.3 is 5.32 Å². The summed E-state index contributed by atoms with van der Waals surface area (Å²) in [5.41, 5.74) is 0. The predicted molar refractivity (Wildman–Crippen MR) is 71.8 cm³/mol. The molecule has 0 aliphatic heterocycles. The van der Waals surface area contributed by atoms with Gasteiger partial charge in [-0.15, -0.1) is 0 Å². The van der Waals surface area contributed by atoms with Gasteiger partial charge in [0.1, 0.15) is 0 Å². The summed E-state index contributed by atoms with van der Waals surface area (Å²) in [4.78, 5) is 2.54. The minimum atomic E-state index is 0.620. The van der Waals surface area contributed by atoms with Crippen LogP contribution < -0.4 is 5.32 Å². The minimum absolute atomic E-state index is 0.620. The fraction of sp³-hybridized carbons (Fsp3) is 0.857. The molecule has 0 amide bonds. The van der Waals surface area contributed by atoms with E-state index in [9.17, 15) is 0 Å². The molecule has 0 heterocycles. The maximum Gasteiger partial charge on any atom is 0.0250 e. The SMILES string of the molecule is CC(C)N(CCNC1C=CCCC1)C(C)C. The monoisotopic (exact) mass is 224 g/mol. The van der Waals surface area contributed by atoms with E-state index in [0.717, 1.165) is 13.1 Å². The van der Waals surface area contributed by atoms with E-state index >= 15 is 0 Å². The molecule has 94 valence electrons. The van der Waals surface area contributed by atoms with Gasteiger partial charge in [-0.1, -0.05) is 12.2 Å². The van der Waals surface area contributed by atoms with Crippen molar-refractivity contribution in [3.05, 3.63) is 12.2 Å². The summed E-state index contributed by atoms with van der Waals surface area (Å²) in [7, 11) is 0. The number of allylic oxidation sites excluding steroid dienone is 1. The number of hydrogen-bond acceptors (Lipinski definition) is 2. The van der Waals surface area contributed by atoms with E-state index in [1.165, 1.54) is 19.3 Å². The summed E-state index contributed by atoms with van der Waals surface area (Å²) in [5, 5.41) is 3.63. The molecule has 1 N–H and O–H groups in total. The van der Waals surface area contributed by atoms with Gasteiger partial charge in [0, 0.05) is 31.2 Å². The van der Waals surface area contributed by atoms with Gasteiger partial charge in [0.2, 0.25) is 0 Å². The highest BCUT2D eigenvalue weighted by molar-refractivity contribution is 4.97. The second-order valence-corrected chi connectivity index (χ2v) is 5.34. The lowest BCUT2D eigenvalue weighted by atomic mass is 10.0. The topological polar surface area (TPSA) is 15.3 Å². The van der Waals surface area contributed by atoms with Gasteiger partial charge in [0.15, 0.2) is 0 Å². The third-order valence-electron chi connectivity index (χ3n) is 3.36. The first-order valence-corrected chi connectivity index (χ1v) is 6.77. The lowest BCUT2D eigenvalue weighted by molar-refractivity contribution is 0.174. The highest BCUT2D eigenvalue weighted by atomic mass is 15.2. The Labute approximate surface area is 101 Å². The zero-order valence-corrected chi connectivity index (χ0v) is 11.4. The van der Waals surface area contributed by atoms with Gasteiger partial charge in [-0.05, 0) is 47.0 Å². The van der Waals surface area contributed by atoms with Crippen molar-refractivity contribution in [3.63, 3.8) is 0 Å². The predicted octanol–water partition coefficient (Wildman–Crippen LogP) is 2.80. The van der Waals surface area contributed by atoms with Gasteiger partial charge in [-0.25, -0.2) is 0 Å². The van der Waals surface area contributed by atoms with Crippen LogP contribution >= 0.6 is 0 Å². The van der Waals surface area contributed by atoms with E-state index in [4.69, 9.17) is 0 Å². The maximum atomic E-state index is 3.63. The van der Waals surface area contributed by atoms with Gasteiger partial charge in [-0.2, -0.15) is 0 Å². The van der Waals surface area contributed by atoms with Crippen molar-refractivity contribution >= 4 is 0 Å². The van der Waals surface area contributed by atoms with Crippen LogP contribution in [0.5, 0.6) is 0 Å². The van der Waals surface area contributed by atoms with E-state index in [0.29, 0.717) is 18.1 Å². The maximum absolute atomic E-state index is 3.63. The molecule has 1 unspecified atom stereocenters. The summed E-state index contributed by atoms with van der Waals surface area (Å²) in [6, 6.07) is 1.90. The first-order chi connectivity index (χ1) is 7.61. The Morgan fingerprint density at radius 3 is 2.44 bits per heavy atom. The highest BCUT2D eigenvalue weighted by Crippen LogP contribution is 2.10. The van der Waals surface area contributed by atoms with E-state index in [-0.39, 0.29) is 0 Å². The van der Waals surface area contributed by atoms with Crippen LogP contribution in [0.15, 0.2) is 12.2 Å². The Morgan fingerprint density at radius 1 is 1.25 bits per heavy atom. The first kappa shape index (κ1) is 13.7. The van der Waals surface area contributed by atoms with Crippen LogP contribution in [-0.2, 0) is 0 Å². The van der Waals surface area contributed by atoms with Crippen LogP contribution in [0.25, 0.3) is 0 Å². The van der Waals surface area contributed by atoms with E-state index in [1.54, 1.807) is 0 Å². The Hall–Kier alpha value is -0.340. The Balaban J connectivity index is 2.22. The highest BCUT2D eigenvalue weighted by Gasteiger charge is 2.13. The van der Waals surface area contributed by atoms with Gasteiger partial charge in [-0.3, -0.25) is 4.90 Å². The van der Waals surface area contributed by atoms with Crippen LogP contribution in [0.3, 0.4) is 0 Å². The van der Waals surface area contributed by atoms with Crippen molar-refractivity contribution in [1.29, 1.82) is 0 Å². The van der Waals surface area contributed by atoms with Crippen LogP contribution in [0.1, 0.15) is 47.0 Å². The molecule has 0 bridgehead atoms. The zero-order chi connectivity index (χ0) is 12.0. The molecule has 0 aromatic heterocycles. The fourth-order valence-corrected chi connectivity index (χ4v) is 2.47. The molecule has 1 atom stereocenters. The van der Waals surface area contributed by atoms with Crippen LogP contribution in [0.4, 0.5) is 0 Å². The molecule has 2 heteroatoms. The quantitative estimate of drug-likeness (QED) is 0.698. The third-order valence-corrected chi connectivity index (χ3v) is 3.36. The summed E-state index contributed by atoms with van der Waals surface area (Å²) in [6.45, 7) is 11.4. The molecule has 0 saturated carbocycles. The summed E-state index contributed by atoms with van der Waals surface area (Å²) in [5.74, 6) is 0. The lowest BCUT2D eigenvalue weighted by Gasteiger charge is -2.31. The molecule has 16 heavy (non-hydrogen) atoms. The second kappa shape index (κ2) is 7.08. The average molecular weight is 224 g/mol. The van der Waals surface area contributed by atoms with E-state index < -0.39 is 0 Å². The largest absolute Gasteiger partial charge is 0.309 e. The molecule has 0 aromatic rings. The molecule has 1 aliphatic rings. The zero-order valence-electron chi connectivity index (χ0n) is 11.4. The van der Waals surface area contributed by atoms with Gasteiger partial charge in [0.25, 0.3) is 0 Å². The number of hydrogen-bond donors (Lipinski definition) is 1. The molecule has 1 rings (SSSR count). The second-order valence-electron chi connectivity index (χ2n) is 5.34. The van der Waals surface area contributed by atoms with Crippen LogP contribution in [0, 0.1) is 0 Å². The average Bonchev–Trinajstić information content (AvgIpc) is 2.24. The molecular formula is C14H28N2. The summed E-state index contributed by atoms with van der Waals surface area (Å²) < 4.78 is 0. The Bertz CT molecular complexity index is 201. The fourth-order valence-electron chi connectivity index (χ4n) is 2.47. The van der Waals surface area contributed by atoms with E-state index in [1.807, 2.05) is 0 Å². The lowest BCUT2D eigenvalue weighted by Crippen LogP contribution is -2.43. The number of nitrogens with zero attached hydrogens (tertiary/aromatic N) is 1. The van der Waals surface area contributed by atoms with Crippen molar-refractivity contribution in [2.24, 2.45) is 0 Å². The van der Waals surface area contributed by atoms with Crippen LogP contribution in [0.2, 0.25) is 0 Å². The normalized spacial score (nSPS) is 21.3. The molecule has 2 nitrogen and oxygen atoms in total. The minimum Gasteiger partial charge on any atom is -0.309 e. The summed E-state index contributed by atoms with van der Waals surface area (Å²) in [6.07, 6.45) is 8.55. The van der Waals surface area contributed by atoms with Crippen molar-refractivity contribution in [2.75, 3.05) is 13.1 Å². The van der Waals surface area contributed by atoms with Crippen molar-refractivity contribution in [1.82, 2.24) is 10.2 Å². The van der Waals surface area contributed by atoms with Crippen molar-refractivity contribution in [2.45, 2.75) is 65.1 Å². The molecule has 0 fully saturated rings. The Morgan fingerprint density at radius 2 is 1.94 bits per heavy atom. The van der Waals surface area contributed by atoms with E-state index in [2.05, 4.69) is 50.1 Å². The molecule has 0 radical (unpaired) electrons. The van der Waals surface area contributed by atoms with Crippen molar-refractivity contribution < 1.29 is 0 Å². The molecule has 0 aromatic carbocycles. The van der Waals surface area contributed by atoms with Gasteiger partial charge >= 0.3 is 0 Å². The summed E-state index contributed by atoms with van der Waals surface area (Å²) >= 11 is 0. The molecule has 1 aliphatic carbocycles. The standard InChI is InChI=1S/C14H28N2/c1-12(2)16(13(3)4)11-10-15-14-8-6-5-7-9-14/h6,8,12-15H,5,7,9-11H2,1-4H3. The van der Waals surface area contributed by atoms with Crippen molar-refractivity contribution in [3.8, 4) is 0 Å². The molecular weight excluding hydrogens is 196 g/mol. The first-order valence-electron chi connectivity index (χ1n) is 6.77.